The molecule has 110 valence electrons. The van der Waals surface area contributed by atoms with Crippen molar-refractivity contribution in [2.45, 2.75) is 33.2 Å². The molecule has 0 unspecified atom stereocenters. The number of nitrogens with one attached hydrogen (secondary N) is 1. The van der Waals surface area contributed by atoms with Crippen molar-refractivity contribution in [3.05, 3.63) is 42.1 Å². The third kappa shape index (κ3) is 3.15. The average molecular weight is 284 g/mol. The molecule has 0 bridgehead atoms. The first kappa shape index (κ1) is 13.9. The molecule has 1 aromatic carbocycles. The smallest absolute Gasteiger partial charge is 0.223 e. The molecule has 1 amide bonds. The lowest BCUT2D eigenvalue weighted by molar-refractivity contribution is -0.131. The second kappa shape index (κ2) is 5.35. The predicted octanol–water partition coefficient (Wildman–Crippen LogP) is 3.39. The predicted molar refractivity (Wildman–Crippen MR) is 80.3 cm³/mol. The van der Waals surface area contributed by atoms with Crippen LogP contribution in [0, 0.1) is 11.3 Å². The Balaban J connectivity index is 1.55. The molecule has 0 spiro atoms. The van der Waals surface area contributed by atoms with Crippen LogP contribution < -0.4 is 5.32 Å². The first-order valence-corrected chi connectivity index (χ1v) is 7.32. The molecule has 1 N–H and O–H groups in total. The van der Waals surface area contributed by atoms with Crippen LogP contribution in [-0.4, -0.2) is 11.1 Å². The van der Waals surface area contributed by atoms with E-state index < -0.39 is 0 Å². The summed E-state index contributed by atoms with van der Waals surface area (Å²) in [5.74, 6) is 1.00. The van der Waals surface area contributed by atoms with Crippen LogP contribution in [0.5, 0.6) is 0 Å². The maximum atomic E-state index is 12.0. The van der Waals surface area contributed by atoms with Gasteiger partial charge in [0, 0.05) is 17.5 Å². The van der Waals surface area contributed by atoms with Crippen molar-refractivity contribution in [3.8, 4) is 11.3 Å². The molecule has 2 aromatic rings. The zero-order valence-corrected chi connectivity index (χ0v) is 12.4. The SMILES string of the molecule is CC1(C)CC(C(=O)NCc2cc(-c3ccccc3)on2)C1. The molecular weight excluding hydrogens is 264 g/mol. The molecule has 1 heterocycles. The summed E-state index contributed by atoms with van der Waals surface area (Å²) in [5, 5.41) is 6.95. The number of carbonyl (C=O) groups is 1. The van der Waals surface area contributed by atoms with Crippen LogP contribution in [0.2, 0.25) is 0 Å². The lowest BCUT2D eigenvalue weighted by atomic mass is 9.64. The number of benzene rings is 1. The molecule has 1 aliphatic carbocycles. The molecule has 0 saturated heterocycles. The van der Waals surface area contributed by atoms with Gasteiger partial charge in [-0.25, -0.2) is 0 Å². The van der Waals surface area contributed by atoms with E-state index in [1.165, 1.54) is 0 Å². The second-order valence-electron chi connectivity index (χ2n) is 6.54. The van der Waals surface area contributed by atoms with E-state index in [9.17, 15) is 4.79 Å². The Bertz CT molecular complexity index is 623. The van der Waals surface area contributed by atoms with Gasteiger partial charge in [-0.3, -0.25) is 4.79 Å². The Morgan fingerprint density at radius 3 is 2.71 bits per heavy atom. The van der Waals surface area contributed by atoms with Gasteiger partial charge in [-0.15, -0.1) is 0 Å². The van der Waals surface area contributed by atoms with Crippen molar-refractivity contribution < 1.29 is 9.32 Å². The van der Waals surface area contributed by atoms with Crippen molar-refractivity contribution in [2.24, 2.45) is 11.3 Å². The fourth-order valence-corrected chi connectivity index (χ4v) is 2.92. The van der Waals surface area contributed by atoms with Gasteiger partial charge in [0.2, 0.25) is 5.91 Å². The number of rotatable bonds is 4. The maximum absolute atomic E-state index is 12.0. The number of hydrogen-bond acceptors (Lipinski definition) is 3. The maximum Gasteiger partial charge on any atom is 0.223 e. The first-order chi connectivity index (χ1) is 10.0. The molecule has 4 nitrogen and oxygen atoms in total. The minimum atomic E-state index is 0.124. The lowest BCUT2D eigenvalue weighted by Crippen LogP contribution is -2.42. The topological polar surface area (TPSA) is 55.1 Å². The minimum absolute atomic E-state index is 0.124. The average Bonchev–Trinajstić information content (AvgIpc) is 2.92. The first-order valence-electron chi connectivity index (χ1n) is 7.32. The van der Waals surface area contributed by atoms with Crippen LogP contribution in [0.4, 0.5) is 0 Å². The van der Waals surface area contributed by atoms with E-state index in [0.29, 0.717) is 12.0 Å². The fraction of sp³-hybridized carbons (Fsp3) is 0.412. The molecule has 3 rings (SSSR count). The molecule has 1 saturated carbocycles. The highest BCUT2D eigenvalue weighted by atomic mass is 16.5. The summed E-state index contributed by atoms with van der Waals surface area (Å²) in [5.41, 5.74) is 2.06. The van der Waals surface area contributed by atoms with E-state index in [1.807, 2.05) is 36.4 Å². The van der Waals surface area contributed by atoms with Crippen molar-refractivity contribution >= 4 is 5.91 Å². The van der Waals surface area contributed by atoms with Gasteiger partial charge in [0.1, 0.15) is 5.69 Å². The summed E-state index contributed by atoms with van der Waals surface area (Å²) in [6.07, 6.45) is 1.93. The van der Waals surface area contributed by atoms with Crippen LogP contribution in [-0.2, 0) is 11.3 Å². The number of nitrogens with zero attached hydrogens (tertiary/aromatic N) is 1. The molecular formula is C17H20N2O2. The third-order valence-corrected chi connectivity index (χ3v) is 4.03. The Morgan fingerprint density at radius 2 is 2.05 bits per heavy atom. The second-order valence-corrected chi connectivity index (χ2v) is 6.54. The van der Waals surface area contributed by atoms with Gasteiger partial charge in [-0.2, -0.15) is 0 Å². The summed E-state index contributed by atoms with van der Waals surface area (Å²) in [4.78, 5) is 12.0. The Morgan fingerprint density at radius 1 is 1.33 bits per heavy atom. The van der Waals surface area contributed by atoms with E-state index >= 15 is 0 Å². The summed E-state index contributed by atoms with van der Waals surface area (Å²) >= 11 is 0. The van der Waals surface area contributed by atoms with Crippen LogP contribution >= 0.6 is 0 Å². The molecule has 4 heteroatoms. The van der Waals surface area contributed by atoms with Crippen LogP contribution in [0.3, 0.4) is 0 Å². The molecule has 1 aromatic heterocycles. The highest BCUT2D eigenvalue weighted by molar-refractivity contribution is 5.79. The number of aromatic nitrogens is 1. The third-order valence-electron chi connectivity index (χ3n) is 4.03. The van der Waals surface area contributed by atoms with Gasteiger partial charge < -0.3 is 9.84 Å². The molecule has 0 radical (unpaired) electrons. The van der Waals surface area contributed by atoms with E-state index in [2.05, 4.69) is 24.3 Å². The van der Waals surface area contributed by atoms with E-state index in [-0.39, 0.29) is 11.8 Å². The molecule has 1 fully saturated rings. The normalized spacial score (nSPS) is 17.2. The summed E-state index contributed by atoms with van der Waals surface area (Å²) in [7, 11) is 0. The van der Waals surface area contributed by atoms with Crippen molar-refractivity contribution in [3.63, 3.8) is 0 Å². The lowest BCUT2D eigenvalue weighted by Gasteiger charge is -2.41. The summed E-state index contributed by atoms with van der Waals surface area (Å²) in [6.45, 7) is 4.81. The molecule has 0 atom stereocenters. The number of hydrogen-bond donors (Lipinski definition) is 1. The van der Waals surface area contributed by atoms with Gasteiger partial charge in [0.25, 0.3) is 0 Å². The highest BCUT2D eigenvalue weighted by Crippen LogP contribution is 2.44. The standard InChI is InChI=1S/C17H20N2O2/c1-17(2)9-13(10-17)16(20)18-11-14-8-15(21-19-14)12-6-4-3-5-7-12/h3-8,13H,9-11H2,1-2H3,(H,18,20). The fourth-order valence-electron chi connectivity index (χ4n) is 2.92. The van der Waals surface area contributed by atoms with Crippen molar-refractivity contribution in [1.29, 1.82) is 0 Å². The van der Waals surface area contributed by atoms with E-state index in [0.717, 1.165) is 29.9 Å². The quantitative estimate of drug-likeness (QED) is 0.936. The summed E-state index contributed by atoms with van der Waals surface area (Å²) in [6, 6.07) is 11.7. The molecule has 0 aliphatic heterocycles. The van der Waals surface area contributed by atoms with Gasteiger partial charge in [0.15, 0.2) is 5.76 Å². The Kier molecular flexibility index (Phi) is 3.53. The van der Waals surface area contributed by atoms with Gasteiger partial charge in [-0.05, 0) is 18.3 Å². The van der Waals surface area contributed by atoms with Gasteiger partial charge in [0.05, 0.1) is 6.54 Å². The number of carbonyl (C=O) groups excluding carboxylic acids is 1. The van der Waals surface area contributed by atoms with Crippen LogP contribution in [0.25, 0.3) is 11.3 Å². The largest absolute Gasteiger partial charge is 0.356 e. The van der Waals surface area contributed by atoms with Crippen LogP contribution in [0.15, 0.2) is 40.9 Å². The van der Waals surface area contributed by atoms with Gasteiger partial charge in [-0.1, -0.05) is 49.3 Å². The molecule has 1 aliphatic rings. The van der Waals surface area contributed by atoms with Crippen molar-refractivity contribution in [1.82, 2.24) is 10.5 Å². The zero-order valence-electron chi connectivity index (χ0n) is 12.4. The van der Waals surface area contributed by atoms with Gasteiger partial charge >= 0.3 is 0 Å². The monoisotopic (exact) mass is 284 g/mol. The Hall–Kier alpha value is -2.10. The summed E-state index contributed by atoms with van der Waals surface area (Å²) < 4.78 is 5.32. The molecule has 21 heavy (non-hydrogen) atoms. The Labute approximate surface area is 124 Å². The van der Waals surface area contributed by atoms with Crippen LogP contribution in [0.1, 0.15) is 32.4 Å². The number of amides is 1. The van der Waals surface area contributed by atoms with E-state index in [1.54, 1.807) is 0 Å². The zero-order chi connectivity index (χ0) is 14.9. The minimum Gasteiger partial charge on any atom is -0.356 e. The van der Waals surface area contributed by atoms with E-state index in [4.69, 9.17) is 4.52 Å². The highest BCUT2D eigenvalue weighted by Gasteiger charge is 2.40. The van der Waals surface area contributed by atoms with Crippen molar-refractivity contribution in [2.75, 3.05) is 0 Å².